The molecule has 1 aromatic carbocycles. The van der Waals surface area contributed by atoms with Crippen molar-refractivity contribution in [3.8, 4) is 0 Å². The highest BCUT2D eigenvalue weighted by atomic mass is 35.5. The van der Waals surface area contributed by atoms with Gasteiger partial charge in [0, 0.05) is 6.92 Å². The summed E-state index contributed by atoms with van der Waals surface area (Å²) >= 11 is 5.54. The average molecular weight is 211 g/mol. The summed E-state index contributed by atoms with van der Waals surface area (Å²) in [4.78, 5) is 10.7. The molecule has 0 heterocycles. The van der Waals surface area contributed by atoms with Crippen molar-refractivity contribution >= 4 is 28.2 Å². The van der Waals surface area contributed by atoms with E-state index in [0.717, 1.165) is 11.3 Å². The van der Waals surface area contributed by atoms with E-state index in [4.69, 9.17) is 11.6 Å². The number of hydrazone groups is 1. The normalized spacial score (nSPS) is 11.2. The number of Topliss-reactive ketones (excluding diaryl/α,β-unsaturated/α-hetero) is 1. The minimum absolute atomic E-state index is 0.0495. The predicted octanol–water partition coefficient (Wildman–Crippen LogP) is 2.55. The molecular weight excluding hydrogens is 200 g/mol. The predicted molar refractivity (Wildman–Crippen MR) is 58.8 cm³/mol. The van der Waals surface area contributed by atoms with Gasteiger partial charge >= 0.3 is 0 Å². The van der Waals surface area contributed by atoms with E-state index >= 15 is 0 Å². The molecule has 74 valence electrons. The van der Waals surface area contributed by atoms with E-state index in [1.165, 1.54) is 6.92 Å². The lowest BCUT2D eigenvalue weighted by atomic mass is 10.2. The van der Waals surface area contributed by atoms with Crippen LogP contribution in [0.15, 0.2) is 29.4 Å². The summed E-state index contributed by atoms with van der Waals surface area (Å²) in [5.74, 6) is -0.258. The van der Waals surface area contributed by atoms with Crippen molar-refractivity contribution in [2.45, 2.75) is 13.8 Å². The molecule has 1 N–H and O–H groups in total. The van der Waals surface area contributed by atoms with Crippen LogP contribution in [-0.4, -0.2) is 11.0 Å². The van der Waals surface area contributed by atoms with Crippen molar-refractivity contribution in [3.63, 3.8) is 0 Å². The molecule has 0 aliphatic rings. The number of hydrogen-bond donors (Lipinski definition) is 1. The first-order valence-electron chi connectivity index (χ1n) is 4.16. The molecule has 0 fully saturated rings. The molecule has 3 nitrogen and oxygen atoms in total. The highest BCUT2D eigenvalue weighted by Crippen LogP contribution is 2.09. The highest BCUT2D eigenvalue weighted by molar-refractivity contribution is 6.82. The molecule has 0 aliphatic carbocycles. The fourth-order valence-electron chi connectivity index (χ4n) is 0.907. The van der Waals surface area contributed by atoms with Crippen molar-refractivity contribution < 1.29 is 4.79 Å². The lowest BCUT2D eigenvalue weighted by Gasteiger charge is -2.00. The second-order valence-corrected chi connectivity index (χ2v) is 3.30. The number of anilines is 1. The largest absolute Gasteiger partial charge is 0.292 e. The lowest BCUT2D eigenvalue weighted by Crippen LogP contribution is -2.04. The number of rotatable bonds is 3. The SMILES string of the molecule is CC(=O)/C(Cl)=N/Nc1cccc(C)c1. The van der Waals surface area contributed by atoms with Crippen LogP contribution in [0.2, 0.25) is 0 Å². The molecule has 1 aromatic rings. The van der Waals surface area contributed by atoms with Gasteiger partial charge in [-0.2, -0.15) is 5.10 Å². The zero-order valence-electron chi connectivity index (χ0n) is 8.04. The molecule has 0 saturated carbocycles. The molecule has 0 radical (unpaired) electrons. The number of ketones is 1. The maximum absolute atomic E-state index is 10.7. The van der Waals surface area contributed by atoms with Crippen LogP contribution in [-0.2, 0) is 4.79 Å². The quantitative estimate of drug-likeness (QED) is 0.615. The van der Waals surface area contributed by atoms with E-state index in [-0.39, 0.29) is 11.0 Å². The zero-order chi connectivity index (χ0) is 10.6. The average Bonchev–Trinajstić information content (AvgIpc) is 2.14. The first-order valence-corrected chi connectivity index (χ1v) is 4.54. The maximum atomic E-state index is 10.7. The smallest absolute Gasteiger partial charge is 0.191 e. The van der Waals surface area contributed by atoms with Crippen LogP contribution in [0.4, 0.5) is 5.69 Å². The van der Waals surface area contributed by atoms with Gasteiger partial charge in [0.15, 0.2) is 11.0 Å². The number of hydrogen-bond acceptors (Lipinski definition) is 3. The molecule has 4 heteroatoms. The molecule has 0 spiro atoms. The van der Waals surface area contributed by atoms with Crippen LogP contribution in [0, 0.1) is 6.92 Å². The van der Waals surface area contributed by atoms with Gasteiger partial charge in [0.1, 0.15) is 0 Å². The van der Waals surface area contributed by atoms with Gasteiger partial charge in [-0.15, -0.1) is 0 Å². The summed E-state index contributed by atoms with van der Waals surface area (Å²) in [6, 6.07) is 7.63. The summed E-state index contributed by atoms with van der Waals surface area (Å²) in [5, 5.41) is 3.67. The minimum Gasteiger partial charge on any atom is -0.292 e. The monoisotopic (exact) mass is 210 g/mol. The van der Waals surface area contributed by atoms with Crippen molar-refractivity contribution in [3.05, 3.63) is 29.8 Å². The van der Waals surface area contributed by atoms with Crippen LogP contribution in [0.25, 0.3) is 0 Å². The first kappa shape index (κ1) is 10.7. The van der Waals surface area contributed by atoms with Gasteiger partial charge in [-0.1, -0.05) is 23.7 Å². The third-order valence-electron chi connectivity index (χ3n) is 1.59. The molecular formula is C10H11ClN2O. The number of aryl methyl sites for hydroxylation is 1. The molecule has 0 amide bonds. The fourth-order valence-corrected chi connectivity index (χ4v) is 0.949. The van der Waals surface area contributed by atoms with Gasteiger partial charge < -0.3 is 0 Å². The summed E-state index contributed by atoms with van der Waals surface area (Å²) in [7, 11) is 0. The van der Waals surface area contributed by atoms with Crippen LogP contribution < -0.4 is 5.43 Å². The number of carbonyl (C=O) groups excluding carboxylic acids is 1. The van der Waals surface area contributed by atoms with Gasteiger partial charge in [-0.3, -0.25) is 10.2 Å². The fraction of sp³-hybridized carbons (Fsp3) is 0.200. The van der Waals surface area contributed by atoms with Crippen molar-refractivity contribution in [1.29, 1.82) is 0 Å². The van der Waals surface area contributed by atoms with Crippen molar-refractivity contribution in [2.24, 2.45) is 5.10 Å². The molecule has 0 aliphatic heterocycles. The Bertz CT molecular complexity index is 374. The number of halogens is 1. The Morgan fingerprint density at radius 1 is 1.50 bits per heavy atom. The number of nitrogens with zero attached hydrogens (tertiary/aromatic N) is 1. The van der Waals surface area contributed by atoms with E-state index in [1.807, 2.05) is 31.2 Å². The summed E-state index contributed by atoms with van der Waals surface area (Å²) < 4.78 is 0. The third kappa shape index (κ3) is 3.18. The Balaban J connectivity index is 2.71. The van der Waals surface area contributed by atoms with E-state index < -0.39 is 0 Å². The first-order chi connectivity index (χ1) is 6.59. The Morgan fingerprint density at radius 2 is 2.21 bits per heavy atom. The number of carbonyl (C=O) groups is 1. The summed E-state index contributed by atoms with van der Waals surface area (Å²) in [6.45, 7) is 3.34. The van der Waals surface area contributed by atoms with Gasteiger partial charge in [0.25, 0.3) is 0 Å². The second kappa shape index (κ2) is 4.77. The minimum atomic E-state index is -0.258. The molecule has 0 unspecified atom stereocenters. The number of nitrogens with one attached hydrogen (secondary N) is 1. The zero-order valence-corrected chi connectivity index (χ0v) is 8.80. The third-order valence-corrected chi connectivity index (χ3v) is 1.94. The summed E-state index contributed by atoms with van der Waals surface area (Å²) in [6.07, 6.45) is 0. The molecule has 0 saturated heterocycles. The Hall–Kier alpha value is -1.35. The summed E-state index contributed by atoms with van der Waals surface area (Å²) in [5.41, 5.74) is 4.63. The van der Waals surface area contributed by atoms with Crippen LogP contribution in [0.5, 0.6) is 0 Å². The topological polar surface area (TPSA) is 41.5 Å². The Labute approximate surface area is 87.8 Å². The van der Waals surface area contributed by atoms with E-state index in [2.05, 4.69) is 10.5 Å². The molecule has 0 bridgehead atoms. The Kier molecular flexibility index (Phi) is 3.65. The van der Waals surface area contributed by atoms with Crippen molar-refractivity contribution in [1.82, 2.24) is 0 Å². The second-order valence-electron chi connectivity index (χ2n) is 2.94. The van der Waals surface area contributed by atoms with E-state index in [0.29, 0.717) is 0 Å². The van der Waals surface area contributed by atoms with Gasteiger partial charge in [0.2, 0.25) is 0 Å². The van der Waals surface area contributed by atoms with E-state index in [1.54, 1.807) is 0 Å². The van der Waals surface area contributed by atoms with Crippen LogP contribution >= 0.6 is 11.6 Å². The molecule has 1 rings (SSSR count). The Morgan fingerprint density at radius 3 is 2.79 bits per heavy atom. The maximum Gasteiger partial charge on any atom is 0.191 e. The van der Waals surface area contributed by atoms with Crippen LogP contribution in [0.1, 0.15) is 12.5 Å². The molecule has 0 aromatic heterocycles. The van der Waals surface area contributed by atoms with Crippen molar-refractivity contribution in [2.75, 3.05) is 5.43 Å². The standard InChI is InChI=1S/C10H11ClN2O/c1-7-4-3-5-9(6-7)12-13-10(11)8(2)14/h3-6,12H,1-2H3/b13-10-. The molecule has 0 atom stereocenters. The van der Waals surface area contributed by atoms with E-state index in [9.17, 15) is 4.79 Å². The highest BCUT2D eigenvalue weighted by Gasteiger charge is 1.99. The van der Waals surface area contributed by atoms with Gasteiger partial charge in [-0.05, 0) is 24.6 Å². The van der Waals surface area contributed by atoms with Gasteiger partial charge in [0.05, 0.1) is 5.69 Å². The van der Waals surface area contributed by atoms with Gasteiger partial charge in [-0.25, -0.2) is 0 Å². The number of benzene rings is 1. The van der Waals surface area contributed by atoms with Crippen LogP contribution in [0.3, 0.4) is 0 Å². The lowest BCUT2D eigenvalue weighted by molar-refractivity contribution is -0.110. The molecule has 14 heavy (non-hydrogen) atoms.